The molecule has 1 saturated heterocycles. The van der Waals surface area contributed by atoms with Crippen LogP contribution in [0.2, 0.25) is 0 Å². The zero-order chi connectivity index (χ0) is 23.6. The van der Waals surface area contributed by atoms with Crippen molar-refractivity contribution in [1.29, 1.82) is 0 Å². The molecule has 0 atom stereocenters. The highest BCUT2D eigenvalue weighted by Gasteiger charge is 2.19. The van der Waals surface area contributed by atoms with E-state index in [4.69, 9.17) is 15.5 Å². The van der Waals surface area contributed by atoms with E-state index in [0.717, 1.165) is 42.9 Å². The quantitative estimate of drug-likeness (QED) is 0.597. The van der Waals surface area contributed by atoms with Gasteiger partial charge >= 0.3 is 0 Å². The summed E-state index contributed by atoms with van der Waals surface area (Å²) >= 11 is 0. The standard InChI is InChI=1S/C24H27N5O2.C2H6/c1-28-11-13-29(14-12-28)24-26-16-21(15-18-7-9-20(10-8-18)22(25)30)23(27-24)31-17-19-5-3-2-4-6-19;1-2/h2-10,16H,11-15,17H2,1H3,(H2,25,30);1-2H3. The van der Waals surface area contributed by atoms with Gasteiger partial charge in [-0.3, -0.25) is 4.79 Å². The molecule has 2 heterocycles. The molecule has 1 amide bonds. The second kappa shape index (κ2) is 12.0. The van der Waals surface area contributed by atoms with E-state index in [9.17, 15) is 4.79 Å². The van der Waals surface area contributed by atoms with E-state index >= 15 is 0 Å². The van der Waals surface area contributed by atoms with E-state index in [1.54, 1.807) is 12.1 Å². The molecule has 4 rings (SSSR count). The predicted molar refractivity (Wildman–Crippen MR) is 132 cm³/mol. The number of primary amides is 1. The van der Waals surface area contributed by atoms with E-state index in [1.807, 2.05) is 62.5 Å². The molecule has 1 aromatic heterocycles. The molecule has 7 nitrogen and oxygen atoms in total. The van der Waals surface area contributed by atoms with Crippen molar-refractivity contribution in [2.75, 3.05) is 38.1 Å². The van der Waals surface area contributed by atoms with Gasteiger partial charge in [-0.25, -0.2) is 4.98 Å². The normalized spacial score (nSPS) is 13.7. The number of aromatic nitrogens is 2. The predicted octanol–water partition coefficient (Wildman–Crippen LogP) is 3.52. The highest BCUT2D eigenvalue weighted by Crippen LogP contribution is 2.24. The van der Waals surface area contributed by atoms with Crippen molar-refractivity contribution < 1.29 is 9.53 Å². The summed E-state index contributed by atoms with van der Waals surface area (Å²) in [6.07, 6.45) is 2.45. The van der Waals surface area contributed by atoms with Gasteiger partial charge in [0, 0.05) is 49.9 Å². The van der Waals surface area contributed by atoms with E-state index in [0.29, 0.717) is 30.4 Å². The van der Waals surface area contributed by atoms with Gasteiger partial charge in [0.05, 0.1) is 0 Å². The summed E-state index contributed by atoms with van der Waals surface area (Å²) in [5, 5.41) is 0. The van der Waals surface area contributed by atoms with Crippen LogP contribution in [0.3, 0.4) is 0 Å². The van der Waals surface area contributed by atoms with Crippen LogP contribution in [-0.4, -0.2) is 54.0 Å². The molecule has 2 N–H and O–H groups in total. The number of hydrogen-bond acceptors (Lipinski definition) is 6. The van der Waals surface area contributed by atoms with Gasteiger partial charge in [-0.15, -0.1) is 0 Å². The molecule has 0 unspecified atom stereocenters. The Morgan fingerprint density at radius 3 is 2.27 bits per heavy atom. The van der Waals surface area contributed by atoms with Gasteiger partial charge < -0.3 is 20.3 Å². The molecule has 0 aliphatic carbocycles. The summed E-state index contributed by atoms with van der Waals surface area (Å²) in [7, 11) is 2.12. The topological polar surface area (TPSA) is 84.6 Å². The minimum Gasteiger partial charge on any atom is -0.472 e. The monoisotopic (exact) mass is 447 g/mol. The number of likely N-dealkylation sites (N-methyl/N-ethyl adjacent to an activating group) is 1. The van der Waals surface area contributed by atoms with E-state index in [1.165, 1.54) is 0 Å². The third kappa shape index (κ3) is 6.76. The fourth-order valence-electron chi connectivity index (χ4n) is 3.52. The van der Waals surface area contributed by atoms with E-state index in [-0.39, 0.29) is 0 Å². The molecule has 3 aromatic rings. The second-order valence-electron chi connectivity index (χ2n) is 7.80. The van der Waals surface area contributed by atoms with Crippen LogP contribution in [0.1, 0.15) is 40.9 Å². The summed E-state index contributed by atoms with van der Waals surface area (Å²) in [6, 6.07) is 17.3. The first kappa shape index (κ1) is 24.2. The summed E-state index contributed by atoms with van der Waals surface area (Å²) in [6.45, 7) is 8.19. The average molecular weight is 448 g/mol. The number of amides is 1. The van der Waals surface area contributed by atoms with Crippen molar-refractivity contribution in [2.24, 2.45) is 5.73 Å². The van der Waals surface area contributed by atoms with Crippen LogP contribution in [0, 0.1) is 0 Å². The number of carbonyl (C=O) groups excluding carboxylic acids is 1. The average Bonchev–Trinajstić information content (AvgIpc) is 2.86. The van der Waals surface area contributed by atoms with Crippen LogP contribution >= 0.6 is 0 Å². The number of benzene rings is 2. The highest BCUT2D eigenvalue weighted by molar-refractivity contribution is 5.92. The SMILES string of the molecule is CC.CN1CCN(c2ncc(Cc3ccc(C(N)=O)cc3)c(OCc3ccccc3)n2)CC1. The van der Waals surface area contributed by atoms with Crippen LogP contribution in [0.15, 0.2) is 60.8 Å². The third-order valence-electron chi connectivity index (χ3n) is 5.45. The number of piperazine rings is 1. The Morgan fingerprint density at radius 2 is 1.64 bits per heavy atom. The van der Waals surface area contributed by atoms with Crippen LogP contribution in [-0.2, 0) is 13.0 Å². The van der Waals surface area contributed by atoms with Crippen molar-refractivity contribution in [3.05, 3.63) is 83.0 Å². The van der Waals surface area contributed by atoms with Gasteiger partial charge in [0.25, 0.3) is 0 Å². The maximum Gasteiger partial charge on any atom is 0.248 e. The summed E-state index contributed by atoms with van der Waals surface area (Å²) in [5.41, 5.74) is 8.86. The zero-order valence-corrected chi connectivity index (χ0v) is 19.7. The smallest absolute Gasteiger partial charge is 0.248 e. The summed E-state index contributed by atoms with van der Waals surface area (Å²) < 4.78 is 6.15. The van der Waals surface area contributed by atoms with Gasteiger partial charge in [0.1, 0.15) is 6.61 Å². The molecular weight excluding hydrogens is 414 g/mol. The molecule has 0 bridgehead atoms. The number of anilines is 1. The van der Waals surface area contributed by atoms with Crippen LogP contribution in [0.4, 0.5) is 5.95 Å². The molecule has 0 saturated carbocycles. The lowest BCUT2D eigenvalue weighted by Crippen LogP contribution is -2.45. The van der Waals surface area contributed by atoms with Crippen molar-refractivity contribution in [1.82, 2.24) is 14.9 Å². The Bertz CT molecular complexity index is 1020. The maximum absolute atomic E-state index is 11.3. The second-order valence-corrected chi connectivity index (χ2v) is 7.80. The molecule has 1 aliphatic rings. The molecule has 1 aliphatic heterocycles. The molecule has 0 spiro atoms. The lowest BCUT2D eigenvalue weighted by molar-refractivity contribution is 0.100. The lowest BCUT2D eigenvalue weighted by Gasteiger charge is -2.32. The van der Waals surface area contributed by atoms with Crippen molar-refractivity contribution >= 4 is 11.9 Å². The third-order valence-corrected chi connectivity index (χ3v) is 5.45. The molecule has 1 fully saturated rings. The van der Waals surface area contributed by atoms with E-state index < -0.39 is 5.91 Å². The molecule has 2 aromatic carbocycles. The number of carbonyl (C=O) groups is 1. The number of ether oxygens (including phenoxy) is 1. The first-order valence-corrected chi connectivity index (χ1v) is 11.4. The lowest BCUT2D eigenvalue weighted by atomic mass is 10.1. The summed E-state index contributed by atoms with van der Waals surface area (Å²) in [4.78, 5) is 25.2. The van der Waals surface area contributed by atoms with Gasteiger partial charge in [-0.05, 0) is 30.3 Å². The highest BCUT2D eigenvalue weighted by atomic mass is 16.5. The zero-order valence-electron chi connectivity index (χ0n) is 19.7. The van der Waals surface area contributed by atoms with Crippen molar-refractivity contribution in [2.45, 2.75) is 26.9 Å². The van der Waals surface area contributed by atoms with Crippen LogP contribution in [0.5, 0.6) is 5.88 Å². The van der Waals surface area contributed by atoms with Crippen molar-refractivity contribution in [3.63, 3.8) is 0 Å². The first-order chi connectivity index (χ1) is 16.1. The summed E-state index contributed by atoms with van der Waals surface area (Å²) in [5.74, 6) is 0.856. The van der Waals surface area contributed by atoms with Crippen molar-refractivity contribution in [3.8, 4) is 5.88 Å². The fourth-order valence-corrected chi connectivity index (χ4v) is 3.52. The Hall–Kier alpha value is -3.45. The van der Waals surface area contributed by atoms with Crippen LogP contribution < -0.4 is 15.4 Å². The Balaban J connectivity index is 0.00000149. The molecule has 7 heteroatoms. The first-order valence-electron chi connectivity index (χ1n) is 11.4. The van der Waals surface area contributed by atoms with Gasteiger partial charge in [0.2, 0.25) is 17.7 Å². The maximum atomic E-state index is 11.3. The minimum absolute atomic E-state index is 0.432. The Morgan fingerprint density at radius 1 is 0.970 bits per heavy atom. The minimum atomic E-state index is -0.432. The van der Waals surface area contributed by atoms with E-state index in [2.05, 4.69) is 21.8 Å². The Labute approximate surface area is 196 Å². The Kier molecular flexibility index (Phi) is 8.78. The molecule has 33 heavy (non-hydrogen) atoms. The molecule has 174 valence electrons. The number of nitrogens with two attached hydrogens (primary N) is 1. The fraction of sp³-hybridized carbons (Fsp3) is 0.346. The van der Waals surface area contributed by atoms with Gasteiger partial charge in [-0.2, -0.15) is 4.98 Å². The largest absolute Gasteiger partial charge is 0.472 e. The molecular formula is C26H33N5O2. The van der Waals surface area contributed by atoms with Gasteiger partial charge in [0.15, 0.2) is 0 Å². The number of rotatable bonds is 7. The van der Waals surface area contributed by atoms with Crippen LogP contribution in [0.25, 0.3) is 0 Å². The van der Waals surface area contributed by atoms with Gasteiger partial charge in [-0.1, -0.05) is 56.3 Å². The molecule has 0 radical (unpaired) electrons. The number of hydrogen-bond donors (Lipinski definition) is 1. The number of nitrogens with zero attached hydrogens (tertiary/aromatic N) is 4.